The number of carbonyl (C=O) groups excluding carboxylic acids is 2. The highest BCUT2D eigenvalue weighted by atomic mass is 16.7. The molecule has 0 spiro atoms. The fourth-order valence-electron chi connectivity index (χ4n) is 4.45. The molecule has 2 amide bonds. The molecule has 0 unspecified atom stereocenters. The predicted octanol–water partition coefficient (Wildman–Crippen LogP) is 3.79. The van der Waals surface area contributed by atoms with E-state index in [1.165, 1.54) is 0 Å². The molecule has 2 heterocycles. The summed E-state index contributed by atoms with van der Waals surface area (Å²) in [5, 5.41) is 2.97. The Labute approximate surface area is 205 Å². The van der Waals surface area contributed by atoms with Crippen molar-refractivity contribution in [3.8, 4) is 22.6 Å². The van der Waals surface area contributed by atoms with Gasteiger partial charge in [0, 0.05) is 37.3 Å². The quantitative estimate of drug-likeness (QED) is 0.613. The fraction of sp³-hybridized carbons (Fsp3) is 0.286. The van der Waals surface area contributed by atoms with Gasteiger partial charge in [-0.2, -0.15) is 0 Å². The first-order chi connectivity index (χ1) is 17.1. The number of ether oxygens (including phenoxy) is 2. The normalized spacial score (nSPS) is 15.5. The molecule has 0 radical (unpaired) electrons. The molecule has 0 bridgehead atoms. The molecule has 7 heteroatoms. The Morgan fingerprint density at radius 3 is 2.51 bits per heavy atom. The van der Waals surface area contributed by atoms with Crippen LogP contribution in [0.5, 0.6) is 11.5 Å². The van der Waals surface area contributed by atoms with Crippen LogP contribution >= 0.6 is 0 Å². The van der Waals surface area contributed by atoms with Gasteiger partial charge in [-0.25, -0.2) is 0 Å². The fourth-order valence-corrected chi connectivity index (χ4v) is 4.45. The molecule has 0 aromatic heterocycles. The van der Waals surface area contributed by atoms with Crippen molar-refractivity contribution in [3.05, 3.63) is 83.4 Å². The second-order valence-electron chi connectivity index (χ2n) is 8.98. The molecule has 0 saturated carbocycles. The van der Waals surface area contributed by atoms with Crippen LogP contribution in [0.4, 0.5) is 0 Å². The molecule has 2 aliphatic rings. The van der Waals surface area contributed by atoms with E-state index in [9.17, 15) is 9.59 Å². The molecule has 1 saturated heterocycles. The van der Waals surface area contributed by atoms with E-state index in [2.05, 4.69) is 17.3 Å². The molecule has 1 fully saturated rings. The molecule has 5 rings (SSSR count). The van der Waals surface area contributed by atoms with Crippen molar-refractivity contribution in [2.45, 2.75) is 13.0 Å². The first-order valence-electron chi connectivity index (χ1n) is 11.9. The maximum atomic E-state index is 13.1. The van der Waals surface area contributed by atoms with Gasteiger partial charge in [0.25, 0.3) is 11.8 Å². The van der Waals surface area contributed by atoms with E-state index in [1.807, 2.05) is 53.4 Å². The number of amides is 2. The maximum Gasteiger partial charge on any atom is 0.253 e. The van der Waals surface area contributed by atoms with Crippen molar-refractivity contribution >= 4 is 11.8 Å². The number of hydrogen-bond donors (Lipinski definition) is 1. The minimum atomic E-state index is -0.176. The number of carbonyl (C=O) groups is 2. The lowest BCUT2D eigenvalue weighted by atomic mass is 10.0. The van der Waals surface area contributed by atoms with E-state index in [1.54, 1.807) is 18.2 Å². The molecule has 2 aliphatic heterocycles. The summed E-state index contributed by atoms with van der Waals surface area (Å²) in [5.41, 5.74) is 4.19. The SMILES string of the molecule is CN1CCCN(C(=O)c2cccc(-c3cccc(CNC(=O)c4ccc5c(c4)OCO5)c3)c2)CC1. The zero-order valence-corrected chi connectivity index (χ0v) is 19.8. The molecule has 7 nitrogen and oxygen atoms in total. The van der Waals surface area contributed by atoms with Crippen molar-refractivity contribution in [2.24, 2.45) is 0 Å². The standard InChI is InChI=1S/C28H29N3O4/c1-30-11-4-12-31(14-13-30)28(33)24-8-3-7-22(16-24)21-6-2-5-20(15-21)18-29-27(32)23-9-10-25-26(17-23)35-19-34-25/h2-3,5-10,15-17H,4,11-14,18-19H2,1H3,(H,29,32). The Balaban J connectivity index is 1.26. The Morgan fingerprint density at radius 2 is 1.63 bits per heavy atom. The lowest BCUT2D eigenvalue weighted by Gasteiger charge is -2.21. The van der Waals surface area contributed by atoms with Gasteiger partial charge in [-0.15, -0.1) is 0 Å². The van der Waals surface area contributed by atoms with Crippen molar-refractivity contribution in [3.63, 3.8) is 0 Å². The van der Waals surface area contributed by atoms with E-state index in [4.69, 9.17) is 9.47 Å². The summed E-state index contributed by atoms with van der Waals surface area (Å²) in [6.45, 7) is 4.01. The number of fused-ring (bicyclic) bond motifs is 1. The third-order valence-corrected chi connectivity index (χ3v) is 6.46. The van der Waals surface area contributed by atoms with Crippen molar-refractivity contribution in [1.82, 2.24) is 15.1 Å². The zero-order valence-electron chi connectivity index (χ0n) is 19.8. The van der Waals surface area contributed by atoms with Gasteiger partial charge in [0.05, 0.1) is 0 Å². The monoisotopic (exact) mass is 471 g/mol. The summed E-state index contributed by atoms with van der Waals surface area (Å²) in [7, 11) is 2.10. The molecule has 0 aliphatic carbocycles. The summed E-state index contributed by atoms with van der Waals surface area (Å²) in [4.78, 5) is 30.0. The van der Waals surface area contributed by atoms with Crippen LogP contribution < -0.4 is 14.8 Å². The molecular formula is C28H29N3O4. The van der Waals surface area contributed by atoms with E-state index >= 15 is 0 Å². The van der Waals surface area contributed by atoms with Crippen molar-refractivity contribution < 1.29 is 19.1 Å². The average molecular weight is 472 g/mol. The van der Waals surface area contributed by atoms with Crippen molar-refractivity contribution in [1.29, 1.82) is 0 Å². The number of rotatable bonds is 5. The molecule has 0 atom stereocenters. The highest BCUT2D eigenvalue weighted by molar-refractivity contribution is 5.96. The van der Waals surface area contributed by atoms with Gasteiger partial charge in [-0.1, -0.05) is 30.3 Å². The van der Waals surface area contributed by atoms with Gasteiger partial charge < -0.3 is 24.6 Å². The summed E-state index contributed by atoms with van der Waals surface area (Å²) >= 11 is 0. The van der Waals surface area contributed by atoms with E-state index < -0.39 is 0 Å². The van der Waals surface area contributed by atoms with E-state index in [0.29, 0.717) is 29.2 Å². The Bertz CT molecular complexity index is 1240. The lowest BCUT2D eigenvalue weighted by molar-refractivity contribution is 0.0762. The van der Waals surface area contributed by atoms with Crippen LogP contribution in [0.3, 0.4) is 0 Å². The third kappa shape index (κ3) is 5.30. The van der Waals surface area contributed by atoms with Crippen LogP contribution in [-0.2, 0) is 6.54 Å². The number of hydrogen-bond acceptors (Lipinski definition) is 5. The predicted molar refractivity (Wildman–Crippen MR) is 134 cm³/mol. The van der Waals surface area contributed by atoms with Gasteiger partial charge in [0.15, 0.2) is 11.5 Å². The van der Waals surface area contributed by atoms with Crippen LogP contribution in [0.15, 0.2) is 66.7 Å². The maximum absolute atomic E-state index is 13.1. The van der Waals surface area contributed by atoms with Gasteiger partial charge >= 0.3 is 0 Å². The number of benzene rings is 3. The average Bonchev–Trinajstić information content (AvgIpc) is 3.26. The minimum Gasteiger partial charge on any atom is -0.454 e. The van der Waals surface area contributed by atoms with Gasteiger partial charge in [-0.3, -0.25) is 9.59 Å². The first-order valence-corrected chi connectivity index (χ1v) is 11.9. The van der Waals surface area contributed by atoms with Gasteiger partial charge in [0.1, 0.15) is 0 Å². The second kappa shape index (κ2) is 10.2. The molecule has 1 N–H and O–H groups in total. The molecule has 180 valence electrons. The van der Waals surface area contributed by atoms with Crippen LogP contribution in [0.25, 0.3) is 11.1 Å². The summed E-state index contributed by atoms with van der Waals surface area (Å²) < 4.78 is 10.7. The number of nitrogens with one attached hydrogen (secondary N) is 1. The Hall–Kier alpha value is -3.84. The third-order valence-electron chi connectivity index (χ3n) is 6.46. The Kier molecular flexibility index (Phi) is 6.68. The van der Waals surface area contributed by atoms with Crippen molar-refractivity contribution in [2.75, 3.05) is 40.0 Å². The molecule has 35 heavy (non-hydrogen) atoms. The van der Waals surface area contributed by atoms with Gasteiger partial charge in [0.2, 0.25) is 6.79 Å². The smallest absolute Gasteiger partial charge is 0.253 e. The van der Waals surface area contributed by atoms with Crippen LogP contribution in [-0.4, -0.2) is 61.6 Å². The zero-order chi connectivity index (χ0) is 24.2. The molecular weight excluding hydrogens is 442 g/mol. The highest BCUT2D eigenvalue weighted by Crippen LogP contribution is 2.32. The summed E-state index contributed by atoms with van der Waals surface area (Å²) in [6, 6.07) is 21.0. The largest absolute Gasteiger partial charge is 0.454 e. The summed E-state index contributed by atoms with van der Waals surface area (Å²) in [6.07, 6.45) is 0.988. The van der Waals surface area contributed by atoms with Crippen LogP contribution in [0.1, 0.15) is 32.7 Å². The van der Waals surface area contributed by atoms with Crippen LogP contribution in [0.2, 0.25) is 0 Å². The number of likely N-dealkylation sites (N-methyl/N-ethyl adjacent to an activating group) is 1. The Morgan fingerprint density at radius 1 is 0.829 bits per heavy atom. The second-order valence-corrected chi connectivity index (χ2v) is 8.98. The minimum absolute atomic E-state index is 0.0780. The number of nitrogens with zero attached hydrogens (tertiary/aromatic N) is 2. The highest BCUT2D eigenvalue weighted by Gasteiger charge is 2.19. The molecule has 3 aromatic carbocycles. The summed E-state index contributed by atoms with van der Waals surface area (Å²) in [5.74, 6) is 1.14. The van der Waals surface area contributed by atoms with E-state index in [-0.39, 0.29) is 18.6 Å². The lowest BCUT2D eigenvalue weighted by Crippen LogP contribution is -2.34. The van der Waals surface area contributed by atoms with Crippen LogP contribution in [0, 0.1) is 0 Å². The van der Waals surface area contributed by atoms with Gasteiger partial charge in [-0.05, 0) is 73.1 Å². The topological polar surface area (TPSA) is 71.1 Å². The first kappa shape index (κ1) is 22.9. The van der Waals surface area contributed by atoms with E-state index in [0.717, 1.165) is 49.3 Å². The molecule has 3 aromatic rings.